The summed E-state index contributed by atoms with van der Waals surface area (Å²) in [5.74, 6) is -1.00. The molecule has 1 heterocycles. The van der Waals surface area contributed by atoms with Crippen LogP contribution in [0.5, 0.6) is 0 Å². The number of rotatable bonds is 2. The van der Waals surface area contributed by atoms with E-state index in [2.05, 4.69) is 20.9 Å². The number of aromatic carboxylic acids is 1. The van der Waals surface area contributed by atoms with Crippen LogP contribution in [0.25, 0.3) is 11.1 Å². The van der Waals surface area contributed by atoms with Crippen molar-refractivity contribution in [3.63, 3.8) is 0 Å². The summed E-state index contributed by atoms with van der Waals surface area (Å²) < 4.78 is 0.851. The lowest BCUT2D eigenvalue weighted by molar-refractivity contribution is 0.0692. The summed E-state index contributed by atoms with van der Waals surface area (Å²) >= 11 is 9.36. The standard InChI is InChI=1S/C11H7BrClNO2/c12-6-1-2-9(13)8(5-6)7-3-4-14-10(7)11(15)16/h1-5,14H,(H,15,16). The van der Waals surface area contributed by atoms with Crippen molar-refractivity contribution >= 4 is 33.5 Å². The first-order valence-corrected chi connectivity index (χ1v) is 5.63. The number of benzene rings is 1. The summed E-state index contributed by atoms with van der Waals surface area (Å²) in [7, 11) is 0. The molecule has 0 unspecified atom stereocenters. The van der Waals surface area contributed by atoms with E-state index in [0.29, 0.717) is 16.1 Å². The fourth-order valence-corrected chi connectivity index (χ4v) is 2.06. The average Bonchev–Trinajstić information content (AvgIpc) is 2.70. The number of halogens is 2. The van der Waals surface area contributed by atoms with Crippen LogP contribution in [0, 0.1) is 0 Å². The van der Waals surface area contributed by atoms with Crippen LogP contribution < -0.4 is 0 Å². The second-order valence-electron chi connectivity index (χ2n) is 3.20. The molecule has 0 saturated carbocycles. The quantitative estimate of drug-likeness (QED) is 0.886. The molecule has 2 rings (SSSR count). The van der Waals surface area contributed by atoms with Crippen LogP contribution >= 0.6 is 27.5 Å². The molecular formula is C11H7BrClNO2. The van der Waals surface area contributed by atoms with Gasteiger partial charge in [-0.25, -0.2) is 4.79 Å². The third-order valence-corrected chi connectivity index (χ3v) is 3.00. The molecule has 0 atom stereocenters. The molecule has 82 valence electrons. The Labute approximate surface area is 105 Å². The highest BCUT2D eigenvalue weighted by molar-refractivity contribution is 9.10. The summed E-state index contributed by atoms with van der Waals surface area (Å²) in [5, 5.41) is 9.51. The molecule has 0 fully saturated rings. The highest BCUT2D eigenvalue weighted by Crippen LogP contribution is 2.32. The fourth-order valence-electron chi connectivity index (χ4n) is 1.47. The van der Waals surface area contributed by atoms with E-state index in [-0.39, 0.29) is 5.69 Å². The van der Waals surface area contributed by atoms with Gasteiger partial charge in [0, 0.05) is 26.8 Å². The zero-order valence-electron chi connectivity index (χ0n) is 8.00. The normalized spacial score (nSPS) is 10.4. The van der Waals surface area contributed by atoms with Gasteiger partial charge in [-0.3, -0.25) is 0 Å². The molecule has 0 aliphatic rings. The minimum Gasteiger partial charge on any atom is -0.477 e. The number of carboxylic acid groups (broad SMARTS) is 1. The van der Waals surface area contributed by atoms with Crippen molar-refractivity contribution in [1.82, 2.24) is 4.98 Å². The van der Waals surface area contributed by atoms with Crippen molar-refractivity contribution < 1.29 is 9.90 Å². The van der Waals surface area contributed by atoms with Crippen LogP contribution in [0.3, 0.4) is 0 Å². The molecule has 16 heavy (non-hydrogen) atoms. The Bertz CT molecular complexity index is 551. The van der Waals surface area contributed by atoms with Gasteiger partial charge in [0.05, 0.1) is 0 Å². The zero-order valence-corrected chi connectivity index (χ0v) is 10.3. The zero-order chi connectivity index (χ0) is 11.7. The van der Waals surface area contributed by atoms with Gasteiger partial charge in [0.1, 0.15) is 5.69 Å². The smallest absolute Gasteiger partial charge is 0.352 e. The summed E-state index contributed by atoms with van der Waals surface area (Å²) in [6.45, 7) is 0. The maximum absolute atomic E-state index is 11.0. The van der Waals surface area contributed by atoms with Crippen LogP contribution in [0.4, 0.5) is 0 Å². The van der Waals surface area contributed by atoms with E-state index in [0.717, 1.165) is 4.47 Å². The monoisotopic (exact) mass is 299 g/mol. The number of nitrogens with one attached hydrogen (secondary N) is 1. The molecular weight excluding hydrogens is 293 g/mol. The number of carbonyl (C=O) groups is 1. The Morgan fingerprint density at radius 1 is 1.31 bits per heavy atom. The first-order chi connectivity index (χ1) is 7.59. The Balaban J connectivity index is 2.62. The van der Waals surface area contributed by atoms with Gasteiger partial charge in [0.25, 0.3) is 0 Å². The molecule has 0 radical (unpaired) electrons. The number of H-pyrrole nitrogens is 1. The van der Waals surface area contributed by atoms with E-state index in [4.69, 9.17) is 16.7 Å². The van der Waals surface area contributed by atoms with Crippen molar-refractivity contribution in [2.24, 2.45) is 0 Å². The number of carboxylic acids is 1. The van der Waals surface area contributed by atoms with Gasteiger partial charge in [0.15, 0.2) is 0 Å². The Morgan fingerprint density at radius 3 is 2.75 bits per heavy atom. The van der Waals surface area contributed by atoms with Crippen LogP contribution in [0.2, 0.25) is 5.02 Å². The third-order valence-electron chi connectivity index (χ3n) is 2.18. The topological polar surface area (TPSA) is 53.1 Å². The lowest BCUT2D eigenvalue weighted by atomic mass is 10.1. The molecule has 0 saturated heterocycles. The summed E-state index contributed by atoms with van der Waals surface area (Å²) in [5.41, 5.74) is 1.41. The van der Waals surface area contributed by atoms with Gasteiger partial charge < -0.3 is 10.1 Å². The highest BCUT2D eigenvalue weighted by atomic mass is 79.9. The second kappa shape index (κ2) is 4.31. The van der Waals surface area contributed by atoms with Gasteiger partial charge >= 0.3 is 5.97 Å². The van der Waals surface area contributed by atoms with Gasteiger partial charge in [-0.1, -0.05) is 27.5 Å². The molecule has 0 aliphatic carbocycles. The summed E-state index contributed by atoms with van der Waals surface area (Å²) in [6.07, 6.45) is 1.58. The van der Waals surface area contributed by atoms with Crippen molar-refractivity contribution in [1.29, 1.82) is 0 Å². The first kappa shape index (κ1) is 11.2. The maximum Gasteiger partial charge on any atom is 0.352 e. The van der Waals surface area contributed by atoms with E-state index in [1.54, 1.807) is 30.5 Å². The van der Waals surface area contributed by atoms with Crippen LogP contribution in [0.1, 0.15) is 10.5 Å². The number of aromatic amines is 1. The largest absolute Gasteiger partial charge is 0.477 e. The Morgan fingerprint density at radius 2 is 2.06 bits per heavy atom. The third kappa shape index (κ3) is 1.99. The molecule has 3 nitrogen and oxygen atoms in total. The molecule has 1 aromatic carbocycles. The Hall–Kier alpha value is -1.26. The van der Waals surface area contributed by atoms with Crippen molar-refractivity contribution in [3.8, 4) is 11.1 Å². The van der Waals surface area contributed by atoms with Gasteiger partial charge in [-0.05, 0) is 24.3 Å². The molecule has 2 aromatic rings. The lowest BCUT2D eigenvalue weighted by Gasteiger charge is -2.04. The van der Waals surface area contributed by atoms with E-state index in [9.17, 15) is 4.79 Å². The van der Waals surface area contributed by atoms with Gasteiger partial charge in [0.2, 0.25) is 0 Å². The molecule has 0 bridgehead atoms. The van der Waals surface area contributed by atoms with Crippen LogP contribution in [-0.4, -0.2) is 16.1 Å². The van der Waals surface area contributed by atoms with E-state index in [1.807, 2.05) is 0 Å². The number of hydrogen-bond acceptors (Lipinski definition) is 1. The Kier molecular flexibility index (Phi) is 3.03. The minimum absolute atomic E-state index is 0.139. The number of aromatic nitrogens is 1. The first-order valence-electron chi connectivity index (χ1n) is 4.45. The van der Waals surface area contributed by atoms with E-state index < -0.39 is 5.97 Å². The van der Waals surface area contributed by atoms with Crippen molar-refractivity contribution in [2.75, 3.05) is 0 Å². The highest BCUT2D eigenvalue weighted by Gasteiger charge is 2.15. The molecule has 0 amide bonds. The SMILES string of the molecule is O=C(O)c1[nH]ccc1-c1cc(Br)ccc1Cl. The van der Waals surface area contributed by atoms with Crippen LogP contribution in [0.15, 0.2) is 34.9 Å². The summed E-state index contributed by atoms with van der Waals surface area (Å²) in [4.78, 5) is 13.6. The summed E-state index contributed by atoms with van der Waals surface area (Å²) in [6, 6.07) is 7.01. The molecule has 0 aliphatic heterocycles. The van der Waals surface area contributed by atoms with E-state index >= 15 is 0 Å². The average molecular weight is 301 g/mol. The van der Waals surface area contributed by atoms with Crippen LogP contribution in [-0.2, 0) is 0 Å². The number of hydrogen-bond donors (Lipinski definition) is 2. The molecule has 1 aromatic heterocycles. The predicted octanol–water partition coefficient (Wildman–Crippen LogP) is 3.80. The van der Waals surface area contributed by atoms with Gasteiger partial charge in [-0.2, -0.15) is 0 Å². The molecule has 5 heteroatoms. The lowest BCUT2D eigenvalue weighted by Crippen LogP contribution is -1.98. The van der Waals surface area contributed by atoms with Crippen molar-refractivity contribution in [2.45, 2.75) is 0 Å². The van der Waals surface area contributed by atoms with Gasteiger partial charge in [-0.15, -0.1) is 0 Å². The minimum atomic E-state index is -1.00. The second-order valence-corrected chi connectivity index (χ2v) is 4.52. The predicted molar refractivity (Wildman–Crippen MR) is 65.9 cm³/mol. The molecule has 0 spiro atoms. The van der Waals surface area contributed by atoms with E-state index in [1.165, 1.54) is 0 Å². The molecule has 2 N–H and O–H groups in total. The van der Waals surface area contributed by atoms with Crippen molar-refractivity contribution in [3.05, 3.63) is 45.7 Å². The fraction of sp³-hybridized carbons (Fsp3) is 0. The maximum atomic E-state index is 11.0.